The van der Waals surface area contributed by atoms with Gasteiger partial charge in [-0.25, -0.2) is 14.8 Å². The Morgan fingerprint density at radius 3 is 2.65 bits per heavy atom. The highest BCUT2D eigenvalue weighted by Gasteiger charge is 2.23. The van der Waals surface area contributed by atoms with Crippen LogP contribution in [0.5, 0.6) is 0 Å². The first kappa shape index (κ1) is 27.1. The largest absolute Gasteiger partial charge is 0.369 e. The van der Waals surface area contributed by atoms with Crippen molar-refractivity contribution in [2.75, 3.05) is 23.3 Å². The first-order valence-corrected chi connectivity index (χ1v) is 13.8. The number of rotatable bonds is 7. The molecule has 5 rings (SSSR count). The van der Waals surface area contributed by atoms with Crippen LogP contribution in [0.3, 0.4) is 0 Å². The molecular formula is C30H37N9O. The number of hydrogen-bond donors (Lipinski definition) is 3. The lowest BCUT2D eigenvalue weighted by molar-refractivity contribution is 0.226. The van der Waals surface area contributed by atoms with Crippen LogP contribution in [-0.2, 0) is 6.54 Å². The summed E-state index contributed by atoms with van der Waals surface area (Å²) < 4.78 is 1.91. The highest BCUT2D eigenvalue weighted by molar-refractivity contribution is 5.78. The van der Waals surface area contributed by atoms with Gasteiger partial charge in [0.1, 0.15) is 5.69 Å². The van der Waals surface area contributed by atoms with E-state index in [4.69, 9.17) is 10.1 Å². The number of nitrogens with zero attached hydrogens (tertiary/aromatic N) is 6. The number of nitrogens with one attached hydrogen (secondary N) is 3. The molecule has 10 nitrogen and oxygen atoms in total. The zero-order valence-corrected chi connectivity index (χ0v) is 23.6. The van der Waals surface area contributed by atoms with Crippen molar-refractivity contribution in [1.29, 1.82) is 0 Å². The molecule has 1 atom stereocenters. The molecule has 40 heavy (non-hydrogen) atoms. The normalized spacial score (nSPS) is 15.5. The Kier molecular flexibility index (Phi) is 7.95. The van der Waals surface area contributed by atoms with Gasteiger partial charge < -0.3 is 20.9 Å². The van der Waals surface area contributed by atoms with E-state index in [-0.39, 0.29) is 17.6 Å². The first-order valence-electron chi connectivity index (χ1n) is 13.8. The second-order valence-corrected chi connectivity index (χ2v) is 11.1. The van der Waals surface area contributed by atoms with Gasteiger partial charge in [0, 0.05) is 78.5 Å². The number of aryl methyl sites for hydroxylation is 1. The van der Waals surface area contributed by atoms with Gasteiger partial charge in [-0.2, -0.15) is 5.10 Å². The number of piperidine rings is 1. The molecule has 1 saturated heterocycles. The number of amides is 2. The Morgan fingerprint density at radius 2 is 1.93 bits per heavy atom. The third-order valence-corrected chi connectivity index (χ3v) is 6.69. The van der Waals surface area contributed by atoms with Crippen molar-refractivity contribution >= 4 is 23.4 Å². The van der Waals surface area contributed by atoms with Crippen molar-refractivity contribution < 1.29 is 4.79 Å². The van der Waals surface area contributed by atoms with E-state index in [2.05, 4.69) is 49.9 Å². The molecule has 1 aliphatic heterocycles. The number of hydrogen-bond acceptors (Lipinski definition) is 7. The van der Waals surface area contributed by atoms with E-state index in [1.165, 1.54) is 0 Å². The summed E-state index contributed by atoms with van der Waals surface area (Å²) in [7, 11) is 0. The first-order chi connectivity index (χ1) is 19.3. The minimum absolute atomic E-state index is 0.110. The summed E-state index contributed by atoms with van der Waals surface area (Å²) in [6.07, 6.45) is 9.33. The maximum absolute atomic E-state index is 12.3. The van der Waals surface area contributed by atoms with Crippen molar-refractivity contribution in [2.45, 2.75) is 58.7 Å². The number of carbonyl (C=O) groups is 1. The number of urea groups is 1. The fourth-order valence-electron chi connectivity index (χ4n) is 4.83. The molecule has 0 aliphatic carbocycles. The van der Waals surface area contributed by atoms with Gasteiger partial charge in [-0.1, -0.05) is 0 Å². The van der Waals surface area contributed by atoms with E-state index < -0.39 is 0 Å². The molecule has 0 radical (unpaired) electrons. The average molecular weight is 540 g/mol. The molecule has 1 fully saturated rings. The zero-order valence-electron chi connectivity index (χ0n) is 23.6. The van der Waals surface area contributed by atoms with E-state index in [0.29, 0.717) is 5.95 Å². The standard InChI is InChI=1S/C30H37N9O/c1-5-39-20-25(27(37-39)21-8-6-15-31-18-21)26-14-16-32-28(35-26)33-22-10-12-24(13-11-22)38-17-7-9-23(19-38)34-29(40)36-30(2,3)4/h6,8,10-16,18,20,23H,5,7,9,17,19H2,1-4H3,(H,32,33,35)(H2,34,36,40)/t23-/m0/s1. The summed E-state index contributed by atoms with van der Waals surface area (Å²) in [6.45, 7) is 10.5. The molecule has 0 bridgehead atoms. The van der Waals surface area contributed by atoms with Crippen molar-refractivity contribution in [2.24, 2.45) is 0 Å². The minimum Gasteiger partial charge on any atom is -0.369 e. The SMILES string of the molecule is CCn1cc(-c2ccnc(Nc3ccc(N4CCC[C@H](NC(=O)NC(C)(C)C)C4)cc3)n2)c(-c2cccnc2)n1. The smallest absolute Gasteiger partial charge is 0.315 e. The van der Waals surface area contributed by atoms with Crippen LogP contribution < -0.4 is 20.9 Å². The quantitative estimate of drug-likeness (QED) is 0.295. The summed E-state index contributed by atoms with van der Waals surface area (Å²) in [4.78, 5) is 28.2. The Bertz CT molecular complexity index is 1430. The number of anilines is 3. The van der Waals surface area contributed by atoms with Gasteiger partial charge in [0.25, 0.3) is 0 Å². The topological polar surface area (TPSA) is 113 Å². The highest BCUT2D eigenvalue weighted by atomic mass is 16.2. The maximum atomic E-state index is 12.3. The average Bonchev–Trinajstić information content (AvgIpc) is 3.38. The Hall–Kier alpha value is -4.47. The summed E-state index contributed by atoms with van der Waals surface area (Å²) in [5, 5.41) is 14.2. The molecule has 3 N–H and O–H groups in total. The molecule has 10 heteroatoms. The molecule has 0 unspecified atom stereocenters. The van der Waals surface area contributed by atoms with Crippen LogP contribution in [0.15, 0.2) is 67.3 Å². The fraction of sp³-hybridized carbons (Fsp3) is 0.367. The van der Waals surface area contributed by atoms with Crippen molar-refractivity contribution in [3.63, 3.8) is 0 Å². The van der Waals surface area contributed by atoms with Crippen LogP contribution in [0, 0.1) is 0 Å². The molecule has 208 valence electrons. The van der Waals surface area contributed by atoms with Crippen LogP contribution in [0.25, 0.3) is 22.5 Å². The van der Waals surface area contributed by atoms with E-state index in [1.807, 2.05) is 68.2 Å². The second-order valence-electron chi connectivity index (χ2n) is 11.1. The lowest BCUT2D eigenvalue weighted by Gasteiger charge is -2.35. The van der Waals surface area contributed by atoms with Crippen LogP contribution in [0.1, 0.15) is 40.5 Å². The fourth-order valence-corrected chi connectivity index (χ4v) is 4.83. The summed E-state index contributed by atoms with van der Waals surface area (Å²) in [5.41, 5.74) is 5.26. The van der Waals surface area contributed by atoms with Gasteiger partial charge in [-0.15, -0.1) is 0 Å². The molecule has 0 saturated carbocycles. The molecule has 1 aromatic carbocycles. The van der Waals surface area contributed by atoms with Gasteiger partial charge in [-0.05, 0) is 83.0 Å². The Balaban J connectivity index is 1.27. The summed E-state index contributed by atoms with van der Waals surface area (Å²) >= 11 is 0. The van der Waals surface area contributed by atoms with Crippen LogP contribution in [0.4, 0.5) is 22.1 Å². The lowest BCUT2D eigenvalue weighted by Crippen LogP contribution is -2.54. The van der Waals surface area contributed by atoms with E-state index in [1.54, 1.807) is 12.4 Å². The van der Waals surface area contributed by atoms with Crippen molar-refractivity contribution in [1.82, 2.24) is 35.4 Å². The van der Waals surface area contributed by atoms with Crippen molar-refractivity contribution in [3.8, 4) is 22.5 Å². The van der Waals surface area contributed by atoms with Gasteiger partial charge in [0.2, 0.25) is 5.95 Å². The number of benzene rings is 1. The maximum Gasteiger partial charge on any atom is 0.315 e. The third-order valence-electron chi connectivity index (χ3n) is 6.69. The molecule has 4 aromatic rings. The van der Waals surface area contributed by atoms with Crippen molar-refractivity contribution in [3.05, 3.63) is 67.3 Å². The van der Waals surface area contributed by atoms with Crippen LogP contribution >= 0.6 is 0 Å². The number of carbonyl (C=O) groups excluding carboxylic acids is 1. The Morgan fingerprint density at radius 1 is 1.10 bits per heavy atom. The monoisotopic (exact) mass is 539 g/mol. The van der Waals surface area contributed by atoms with E-state index in [9.17, 15) is 4.79 Å². The van der Waals surface area contributed by atoms with Gasteiger partial charge in [-0.3, -0.25) is 9.67 Å². The molecule has 4 heterocycles. The summed E-state index contributed by atoms with van der Waals surface area (Å²) in [6, 6.07) is 14.1. The third kappa shape index (κ3) is 6.74. The van der Waals surface area contributed by atoms with Crippen LogP contribution in [0.2, 0.25) is 0 Å². The second kappa shape index (κ2) is 11.7. The zero-order chi connectivity index (χ0) is 28.1. The van der Waals surface area contributed by atoms with Gasteiger partial charge in [0.15, 0.2) is 0 Å². The van der Waals surface area contributed by atoms with E-state index >= 15 is 0 Å². The lowest BCUT2D eigenvalue weighted by atomic mass is 10.0. The van der Waals surface area contributed by atoms with Gasteiger partial charge in [0.05, 0.1) is 5.69 Å². The molecule has 3 aromatic heterocycles. The molecule has 1 aliphatic rings. The molecule has 0 spiro atoms. The molecule has 2 amide bonds. The number of aromatic nitrogens is 5. The minimum atomic E-state index is -0.260. The molecular weight excluding hydrogens is 502 g/mol. The highest BCUT2D eigenvalue weighted by Crippen LogP contribution is 2.30. The Labute approximate surface area is 235 Å². The van der Waals surface area contributed by atoms with Crippen LogP contribution in [-0.4, -0.2) is 55.4 Å². The predicted octanol–water partition coefficient (Wildman–Crippen LogP) is 5.23. The van der Waals surface area contributed by atoms with Gasteiger partial charge >= 0.3 is 6.03 Å². The number of pyridine rings is 1. The van der Waals surface area contributed by atoms with E-state index in [0.717, 1.165) is 66.4 Å². The predicted molar refractivity (Wildman–Crippen MR) is 159 cm³/mol. The summed E-state index contributed by atoms with van der Waals surface area (Å²) in [5.74, 6) is 0.513.